The van der Waals surface area contributed by atoms with E-state index in [4.69, 9.17) is 0 Å². The molecule has 1 aliphatic carbocycles. The summed E-state index contributed by atoms with van der Waals surface area (Å²) in [6.45, 7) is 8.20. The van der Waals surface area contributed by atoms with Gasteiger partial charge in [-0.1, -0.05) is 49.6 Å². The second kappa shape index (κ2) is 2.83. The lowest BCUT2D eigenvalue weighted by Gasteiger charge is -2.13. The van der Waals surface area contributed by atoms with Crippen LogP contribution in [-0.4, -0.2) is 0 Å². The molecule has 2 aromatic carbocycles. The van der Waals surface area contributed by atoms with E-state index < -0.39 is 0 Å². The highest BCUT2D eigenvalue weighted by atomic mass is 14.1. The minimum atomic E-state index is 0.943. The van der Waals surface area contributed by atoms with Crippen molar-refractivity contribution in [2.75, 3.05) is 0 Å². The maximum absolute atomic E-state index is 4.12. The summed E-state index contributed by atoms with van der Waals surface area (Å²) in [4.78, 5) is 0. The molecule has 0 fully saturated rings. The summed E-state index contributed by atoms with van der Waals surface area (Å²) >= 11 is 0. The molecule has 0 radical (unpaired) electrons. The molecular formula is C15H12. The average Bonchev–Trinajstić information content (AvgIpc) is 2.26. The van der Waals surface area contributed by atoms with Crippen molar-refractivity contribution in [2.45, 2.75) is 6.42 Å². The maximum atomic E-state index is 4.12. The van der Waals surface area contributed by atoms with Gasteiger partial charge in [-0.05, 0) is 38.8 Å². The molecule has 0 heterocycles. The number of allylic oxidation sites excluding steroid dienone is 1. The topological polar surface area (TPSA) is 0 Å². The van der Waals surface area contributed by atoms with Crippen LogP contribution in [0.25, 0.3) is 29.0 Å². The Hall–Kier alpha value is -1.82. The summed E-state index contributed by atoms with van der Waals surface area (Å²) in [5.41, 5.74) is 2.49. The summed E-state index contributed by atoms with van der Waals surface area (Å²) in [7, 11) is 0. The molecule has 0 N–H and O–H groups in total. The molecule has 0 spiro atoms. The lowest BCUT2D eigenvalue weighted by molar-refractivity contribution is 1.42. The lowest BCUT2D eigenvalue weighted by atomic mass is 9.91. The van der Waals surface area contributed by atoms with Gasteiger partial charge in [0.25, 0.3) is 0 Å². The van der Waals surface area contributed by atoms with Crippen LogP contribution in [0.2, 0.25) is 0 Å². The molecule has 2 aromatic rings. The maximum Gasteiger partial charge on any atom is -0.00335 e. The molecule has 0 saturated carbocycles. The Bertz CT molecular complexity index is 675. The highest BCUT2D eigenvalue weighted by molar-refractivity contribution is 5.97. The Labute approximate surface area is 88.9 Å². The third kappa shape index (κ3) is 1.08. The van der Waals surface area contributed by atoms with Gasteiger partial charge in [0.1, 0.15) is 0 Å². The minimum Gasteiger partial charge on any atom is -0.0949 e. The third-order valence-corrected chi connectivity index (χ3v) is 3.11. The summed E-state index contributed by atoms with van der Waals surface area (Å²) < 4.78 is 0. The third-order valence-electron chi connectivity index (χ3n) is 3.11. The fourth-order valence-corrected chi connectivity index (χ4v) is 2.31. The fraction of sp³-hybridized carbons (Fsp3) is 0.0667. The second-order valence-corrected chi connectivity index (χ2v) is 4.05. The van der Waals surface area contributed by atoms with Crippen molar-refractivity contribution in [3.05, 3.63) is 52.9 Å². The van der Waals surface area contributed by atoms with Crippen molar-refractivity contribution in [1.29, 1.82) is 0 Å². The monoisotopic (exact) mass is 192 g/mol. The molecule has 0 bridgehead atoms. The van der Waals surface area contributed by atoms with Crippen molar-refractivity contribution in [3.63, 3.8) is 0 Å². The zero-order valence-corrected chi connectivity index (χ0v) is 8.59. The number of hydrogen-bond donors (Lipinski definition) is 0. The van der Waals surface area contributed by atoms with E-state index in [-0.39, 0.29) is 0 Å². The molecule has 15 heavy (non-hydrogen) atoms. The van der Waals surface area contributed by atoms with Crippen molar-refractivity contribution >= 4 is 29.0 Å². The molecule has 72 valence electrons. The largest absolute Gasteiger partial charge is 0.0949 e. The molecule has 0 atom stereocenters. The van der Waals surface area contributed by atoms with E-state index in [9.17, 15) is 0 Å². The molecule has 0 heteroatoms. The Morgan fingerprint density at radius 3 is 2.73 bits per heavy atom. The standard InChI is InChI=1S/C15H12/c1-10-6-8-12-4-3-5-13-11(2)7-9-14(10)15(12)13/h3-6,8-9H,1-2,7H2. The first-order valence-electron chi connectivity index (χ1n) is 5.16. The molecule has 0 aromatic heterocycles. The molecule has 0 saturated heterocycles. The number of benzene rings is 2. The van der Waals surface area contributed by atoms with Crippen LogP contribution in [0.1, 0.15) is 12.0 Å². The van der Waals surface area contributed by atoms with Gasteiger partial charge in [0.05, 0.1) is 0 Å². The number of rotatable bonds is 0. The summed E-state index contributed by atoms with van der Waals surface area (Å²) in [6, 6.07) is 10.6. The second-order valence-electron chi connectivity index (χ2n) is 4.05. The van der Waals surface area contributed by atoms with Crippen LogP contribution in [0.15, 0.2) is 36.9 Å². The highest BCUT2D eigenvalue weighted by Gasteiger charge is 2.09. The normalized spacial score (nSPS) is 14.0. The Morgan fingerprint density at radius 2 is 1.87 bits per heavy atom. The summed E-state index contributed by atoms with van der Waals surface area (Å²) in [5, 5.41) is 5.01. The zero-order valence-electron chi connectivity index (χ0n) is 8.59. The van der Waals surface area contributed by atoms with Crippen LogP contribution in [0.5, 0.6) is 0 Å². The Balaban J connectivity index is 2.70. The first-order valence-corrected chi connectivity index (χ1v) is 5.16. The van der Waals surface area contributed by atoms with Gasteiger partial charge in [0, 0.05) is 0 Å². The van der Waals surface area contributed by atoms with E-state index in [0.29, 0.717) is 0 Å². The fourth-order valence-electron chi connectivity index (χ4n) is 2.31. The molecule has 1 aliphatic rings. The lowest BCUT2D eigenvalue weighted by Crippen LogP contribution is -2.26. The van der Waals surface area contributed by atoms with Gasteiger partial charge in [-0.25, -0.2) is 0 Å². The predicted octanol–water partition coefficient (Wildman–Crippen LogP) is 2.45. The minimum absolute atomic E-state index is 0.943. The molecular weight excluding hydrogens is 180 g/mol. The van der Waals surface area contributed by atoms with Gasteiger partial charge in [-0.2, -0.15) is 0 Å². The molecule has 0 unspecified atom stereocenters. The molecule has 0 nitrogen and oxygen atoms in total. The average molecular weight is 192 g/mol. The molecule has 3 rings (SSSR count). The van der Waals surface area contributed by atoms with Crippen LogP contribution in [0, 0.1) is 0 Å². The molecule has 0 amide bonds. The van der Waals surface area contributed by atoms with Gasteiger partial charge >= 0.3 is 0 Å². The SMILES string of the molecule is C=C1CC=c2c(=C)ccc3cccc1c23. The van der Waals surface area contributed by atoms with Crippen molar-refractivity contribution in [2.24, 2.45) is 0 Å². The zero-order chi connectivity index (χ0) is 10.4. The van der Waals surface area contributed by atoms with Crippen LogP contribution >= 0.6 is 0 Å². The summed E-state index contributed by atoms with van der Waals surface area (Å²) in [5.74, 6) is 0. The van der Waals surface area contributed by atoms with Crippen LogP contribution in [-0.2, 0) is 0 Å². The Morgan fingerprint density at radius 1 is 1.00 bits per heavy atom. The summed E-state index contributed by atoms with van der Waals surface area (Å²) in [6.07, 6.45) is 3.18. The van der Waals surface area contributed by atoms with Gasteiger partial charge in [-0.15, -0.1) is 0 Å². The molecule has 0 aliphatic heterocycles. The first kappa shape index (κ1) is 8.49. The van der Waals surface area contributed by atoms with Crippen LogP contribution < -0.4 is 10.4 Å². The van der Waals surface area contributed by atoms with Gasteiger partial charge in [0.15, 0.2) is 0 Å². The van der Waals surface area contributed by atoms with Gasteiger partial charge in [-0.3, -0.25) is 0 Å². The van der Waals surface area contributed by atoms with Gasteiger partial charge < -0.3 is 0 Å². The van der Waals surface area contributed by atoms with E-state index in [0.717, 1.165) is 11.6 Å². The quantitative estimate of drug-likeness (QED) is 0.601. The van der Waals surface area contributed by atoms with Crippen LogP contribution in [0.4, 0.5) is 0 Å². The van der Waals surface area contributed by atoms with E-state index in [1.807, 2.05) is 0 Å². The highest BCUT2D eigenvalue weighted by Crippen LogP contribution is 2.26. The van der Waals surface area contributed by atoms with Crippen molar-refractivity contribution < 1.29 is 0 Å². The predicted molar refractivity (Wildman–Crippen MR) is 66.8 cm³/mol. The van der Waals surface area contributed by atoms with E-state index >= 15 is 0 Å². The first-order chi connectivity index (χ1) is 7.27. The van der Waals surface area contributed by atoms with E-state index in [1.54, 1.807) is 0 Å². The van der Waals surface area contributed by atoms with Crippen LogP contribution in [0.3, 0.4) is 0 Å². The van der Waals surface area contributed by atoms with Gasteiger partial charge in [0.2, 0.25) is 0 Å². The number of hydrogen-bond acceptors (Lipinski definition) is 0. The Kier molecular flexibility index (Phi) is 1.60. The van der Waals surface area contributed by atoms with E-state index in [1.165, 1.54) is 27.1 Å². The smallest absolute Gasteiger partial charge is 0.00335 e. The van der Waals surface area contributed by atoms with E-state index in [2.05, 4.69) is 49.6 Å². The van der Waals surface area contributed by atoms with Crippen molar-refractivity contribution in [1.82, 2.24) is 0 Å². The van der Waals surface area contributed by atoms with Crippen molar-refractivity contribution in [3.8, 4) is 0 Å².